The van der Waals surface area contributed by atoms with E-state index >= 15 is 0 Å². The van der Waals surface area contributed by atoms with E-state index in [1.807, 2.05) is 32.9 Å². The number of urea groups is 1. The molecule has 7 nitrogen and oxygen atoms in total. The Hall–Kier alpha value is -2.80. The molecule has 7 heteroatoms. The minimum atomic E-state index is -0.390. The zero-order valence-corrected chi connectivity index (χ0v) is 16.1. The van der Waals surface area contributed by atoms with Crippen molar-refractivity contribution in [3.63, 3.8) is 0 Å². The second kappa shape index (κ2) is 7.84. The molecular formula is C20H25N3O4. The van der Waals surface area contributed by atoms with Crippen molar-refractivity contribution in [3.05, 3.63) is 42.0 Å². The predicted molar refractivity (Wildman–Crippen MR) is 103 cm³/mol. The quantitative estimate of drug-likeness (QED) is 0.864. The van der Waals surface area contributed by atoms with Crippen LogP contribution in [0.25, 0.3) is 0 Å². The minimum absolute atomic E-state index is 0.135. The molecule has 144 valence electrons. The number of nitrogens with zero attached hydrogens (tertiary/aromatic N) is 2. The van der Waals surface area contributed by atoms with Gasteiger partial charge in [-0.15, -0.1) is 0 Å². The Morgan fingerprint density at radius 1 is 1.33 bits per heavy atom. The Labute approximate surface area is 159 Å². The van der Waals surface area contributed by atoms with Gasteiger partial charge in [0, 0.05) is 12.1 Å². The van der Waals surface area contributed by atoms with Crippen LogP contribution in [-0.2, 0) is 4.74 Å². The number of carbonyl (C=O) groups excluding carboxylic acids is 1. The molecule has 3 rings (SSSR count). The fourth-order valence-electron chi connectivity index (χ4n) is 2.74. The van der Waals surface area contributed by atoms with Gasteiger partial charge < -0.3 is 19.5 Å². The molecule has 0 bridgehead atoms. The third kappa shape index (κ3) is 4.31. The third-order valence-electron chi connectivity index (χ3n) is 4.66. The summed E-state index contributed by atoms with van der Waals surface area (Å²) in [5, 5.41) is 3.01. The molecule has 27 heavy (non-hydrogen) atoms. The molecule has 1 N–H and O–H groups in total. The Balaban J connectivity index is 1.80. The molecule has 0 aliphatic carbocycles. The van der Waals surface area contributed by atoms with Crippen molar-refractivity contribution >= 4 is 11.8 Å². The highest BCUT2D eigenvalue weighted by Gasteiger charge is 2.32. The molecule has 0 spiro atoms. The van der Waals surface area contributed by atoms with Gasteiger partial charge in [0.1, 0.15) is 24.0 Å². The van der Waals surface area contributed by atoms with E-state index in [9.17, 15) is 4.79 Å². The summed E-state index contributed by atoms with van der Waals surface area (Å²) in [4.78, 5) is 18.5. The van der Waals surface area contributed by atoms with Crippen LogP contribution >= 0.6 is 0 Å². The summed E-state index contributed by atoms with van der Waals surface area (Å²) in [6, 6.07) is 10.6. The zero-order valence-electron chi connectivity index (χ0n) is 16.1. The maximum absolute atomic E-state index is 12.6. The summed E-state index contributed by atoms with van der Waals surface area (Å²) in [5.74, 6) is 2.19. The van der Waals surface area contributed by atoms with Gasteiger partial charge in [-0.1, -0.05) is 19.1 Å². The molecule has 1 aliphatic rings. The standard InChI is InChI=1S/C20H25N3O4/c1-5-20(3)12-26-13-23(19(24)22-20)17-7-6-8-18(21-17)27-15-10-9-14(2)16(11-15)25-4/h6-11H,5,12-13H2,1-4H3,(H,22,24)/t20-/m1/s1. The fourth-order valence-corrected chi connectivity index (χ4v) is 2.74. The van der Waals surface area contributed by atoms with Gasteiger partial charge in [-0.2, -0.15) is 4.98 Å². The predicted octanol–water partition coefficient (Wildman–Crippen LogP) is 3.86. The first-order valence-electron chi connectivity index (χ1n) is 8.91. The van der Waals surface area contributed by atoms with Crippen molar-refractivity contribution in [2.75, 3.05) is 25.3 Å². The number of hydrogen-bond acceptors (Lipinski definition) is 5. The lowest BCUT2D eigenvalue weighted by atomic mass is 10.0. The van der Waals surface area contributed by atoms with Crippen molar-refractivity contribution in [2.24, 2.45) is 0 Å². The average Bonchev–Trinajstić information content (AvgIpc) is 2.82. The van der Waals surface area contributed by atoms with E-state index in [2.05, 4.69) is 10.3 Å². The van der Waals surface area contributed by atoms with E-state index in [-0.39, 0.29) is 12.8 Å². The van der Waals surface area contributed by atoms with E-state index in [0.717, 1.165) is 17.7 Å². The molecule has 1 aromatic carbocycles. The summed E-state index contributed by atoms with van der Waals surface area (Å²) in [6.07, 6.45) is 0.776. The van der Waals surface area contributed by atoms with Crippen LogP contribution < -0.4 is 19.7 Å². The molecular weight excluding hydrogens is 346 g/mol. The number of aryl methyl sites for hydroxylation is 1. The molecule has 1 atom stereocenters. The maximum atomic E-state index is 12.6. The van der Waals surface area contributed by atoms with Gasteiger partial charge in [0.15, 0.2) is 0 Å². The number of rotatable bonds is 5. The molecule has 0 radical (unpaired) electrons. The van der Waals surface area contributed by atoms with Crippen LogP contribution in [0.3, 0.4) is 0 Å². The minimum Gasteiger partial charge on any atom is -0.496 e. The lowest BCUT2D eigenvalue weighted by molar-refractivity contribution is 0.0978. The summed E-state index contributed by atoms with van der Waals surface area (Å²) < 4.78 is 16.9. The molecule has 1 aliphatic heterocycles. The van der Waals surface area contributed by atoms with E-state index < -0.39 is 5.54 Å². The number of methoxy groups -OCH3 is 1. The molecule has 1 fully saturated rings. The monoisotopic (exact) mass is 371 g/mol. The summed E-state index contributed by atoms with van der Waals surface area (Å²) in [5.41, 5.74) is 0.627. The smallest absolute Gasteiger partial charge is 0.325 e. The highest BCUT2D eigenvalue weighted by molar-refractivity contribution is 5.91. The van der Waals surface area contributed by atoms with Gasteiger partial charge in [-0.25, -0.2) is 4.79 Å². The molecule has 2 amide bonds. The topological polar surface area (TPSA) is 72.9 Å². The highest BCUT2D eigenvalue weighted by Crippen LogP contribution is 2.28. The number of ether oxygens (including phenoxy) is 3. The van der Waals surface area contributed by atoms with Crippen molar-refractivity contribution in [2.45, 2.75) is 32.7 Å². The molecule has 1 saturated heterocycles. The number of nitrogens with one attached hydrogen (secondary N) is 1. The van der Waals surface area contributed by atoms with Crippen LogP contribution in [0.2, 0.25) is 0 Å². The Kier molecular flexibility index (Phi) is 5.51. The van der Waals surface area contributed by atoms with Gasteiger partial charge in [-0.05, 0) is 38.0 Å². The fraction of sp³-hybridized carbons (Fsp3) is 0.400. The number of benzene rings is 1. The van der Waals surface area contributed by atoms with Gasteiger partial charge >= 0.3 is 6.03 Å². The van der Waals surface area contributed by atoms with Crippen molar-refractivity contribution in [1.82, 2.24) is 10.3 Å². The zero-order chi connectivity index (χ0) is 19.4. The maximum Gasteiger partial charge on any atom is 0.325 e. The summed E-state index contributed by atoms with van der Waals surface area (Å²) >= 11 is 0. The molecule has 2 heterocycles. The first-order valence-corrected chi connectivity index (χ1v) is 8.91. The summed E-state index contributed by atoms with van der Waals surface area (Å²) in [7, 11) is 1.62. The molecule has 0 unspecified atom stereocenters. The van der Waals surface area contributed by atoms with Crippen molar-refractivity contribution < 1.29 is 19.0 Å². The highest BCUT2D eigenvalue weighted by atomic mass is 16.5. The SMILES string of the molecule is CC[C@]1(C)COCN(c2cccc(Oc3ccc(C)c(OC)c3)n2)C(=O)N1. The first-order chi connectivity index (χ1) is 12.9. The number of carbonyl (C=O) groups is 1. The third-order valence-corrected chi connectivity index (χ3v) is 4.66. The van der Waals surface area contributed by atoms with Gasteiger partial charge in [0.25, 0.3) is 0 Å². The van der Waals surface area contributed by atoms with E-state index in [4.69, 9.17) is 14.2 Å². The number of amides is 2. The lowest BCUT2D eigenvalue weighted by Gasteiger charge is -2.26. The molecule has 2 aromatic rings. The van der Waals surface area contributed by atoms with Gasteiger partial charge in [0.2, 0.25) is 5.88 Å². The Bertz CT molecular complexity index is 827. The number of anilines is 1. The van der Waals surface area contributed by atoms with Crippen molar-refractivity contribution in [3.8, 4) is 17.4 Å². The largest absolute Gasteiger partial charge is 0.496 e. The lowest BCUT2D eigenvalue weighted by Crippen LogP contribution is -2.50. The van der Waals surface area contributed by atoms with E-state index in [1.165, 1.54) is 4.90 Å². The first kappa shape index (κ1) is 19.0. The van der Waals surface area contributed by atoms with Crippen LogP contribution in [0, 0.1) is 6.92 Å². The number of hydrogen-bond donors (Lipinski definition) is 1. The second-order valence-electron chi connectivity index (χ2n) is 6.82. The molecule has 0 saturated carbocycles. The number of pyridine rings is 1. The van der Waals surface area contributed by atoms with E-state index in [1.54, 1.807) is 31.4 Å². The van der Waals surface area contributed by atoms with Crippen LogP contribution in [0.5, 0.6) is 17.4 Å². The van der Waals surface area contributed by atoms with Crippen LogP contribution in [-0.4, -0.2) is 37.0 Å². The van der Waals surface area contributed by atoms with Gasteiger partial charge in [0.05, 0.1) is 19.3 Å². The second-order valence-corrected chi connectivity index (χ2v) is 6.82. The number of aromatic nitrogens is 1. The van der Waals surface area contributed by atoms with E-state index in [0.29, 0.717) is 24.1 Å². The van der Waals surface area contributed by atoms with Crippen LogP contribution in [0.4, 0.5) is 10.6 Å². The average molecular weight is 371 g/mol. The van der Waals surface area contributed by atoms with Gasteiger partial charge in [-0.3, -0.25) is 4.90 Å². The molecule has 1 aromatic heterocycles. The van der Waals surface area contributed by atoms with Crippen molar-refractivity contribution in [1.29, 1.82) is 0 Å². The normalized spacial score (nSPS) is 20.0. The van der Waals surface area contributed by atoms with Crippen LogP contribution in [0.15, 0.2) is 36.4 Å². The Morgan fingerprint density at radius 2 is 2.15 bits per heavy atom. The summed E-state index contributed by atoms with van der Waals surface area (Å²) in [6.45, 7) is 6.53. The van der Waals surface area contributed by atoms with Crippen LogP contribution in [0.1, 0.15) is 25.8 Å². The Morgan fingerprint density at radius 3 is 2.89 bits per heavy atom.